The van der Waals surface area contributed by atoms with Crippen LogP contribution in [0.15, 0.2) is 42.0 Å². The summed E-state index contributed by atoms with van der Waals surface area (Å²) in [6, 6.07) is 12.0. The van der Waals surface area contributed by atoms with E-state index in [-0.39, 0.29) is 0 Å². The number of fused-ring (bicyclic) bond motifs is 1. The molecule has 0 amide bonds. The molecule has 0 atom stereocenters. The number of hydrogen-bond acceptors (Lipinski definition) is 2. The molecule has 0 radical (unpaired) electrons. The van der Waals surface area contributed by atoms with Crippen LogP contribution in [-0.2, 0) is 4.79 Å². The third-order valence-corrected chi connectivity index (χ3v) is 4.07. The molecule has 2 aromatic carbocycles. The van der Waals surface area contributed by atoms with Crippen molar-refractivity contribution in [2.45, 2.75) is 46.0 Å². The van der Waals surface area contributed by atoms with Crippen LogP contribution in [0.25, 0.3) is 16.8 Å². The summed E-state index contributed by atoms with van der Waals surface area (Å²) in [7, 11) is 0. The minimum atomic E-state index is -0.891. The Bertz CT molecular complexity index is 716. The summed E-state index contributed by atoms with van der Waals surface area (Å²) in [6.45, 7) is 4.58. The molecular weight excluding hydrogens is 300 g/mol. The molecule has 1 N–H and O–H groups in total. The monoisotopic (exact) mass is 326 g/mol. The van der Waals surface area contributed by atoms with E-state index in [4.69, 9.17) is 9.84 Å². The van der Waals surface area contributed by atoms with E-state index in [0.717, 1.165) is 35.1 Å². The molecule has 3 nitrogen and oxygen atoms in total. The Hall–Kier alpha value is -2.29. The lowest BCUT2D eigenvalue weighted by Gasteiger charge is -2.08. The van der Waals surface area contributed by atoms with Crippen molar-refractivity contribution < 1.29 is 14.6 Å². The summed E-state index contributed by atoms with van der Waals surface area (Å²) in [5.41, 5.74) is 1.23. The van der Waals surface area contributed by atoms with E-state index in [9.17, 15) is 4.79 Å². The lowest BCUT2D eigenvalue weighted by atomic mass is 10.0. The van der Waals surface area contributed by atoms with E-state index >= 15 is 0 Å². The molecule has 0 saturated heterocycles. The zero-order chi connectivity index (χ0) is 17.4. The van der Waals surface area contributed by atoms with Crippen molar-refractivity contribution in [3.8, 4) is 5.75 Å². The highest BCUT2D eigenvalue weighted by molar-refractivity contribution is 5.93. The number of carboxylic acids is 1. The van der Waals surface area contributed by atoms with Crippen molar-refractivity contribution in [3.05, 3.63) is 47.5 Å². The van der Waals surface area contributed by atoms with Crippen molar-refractivity contribution in [2.24, 2.45) is 0 Å². The van der Waals surface area contributed by atoms with Gasteiger partial charge in [0.1, 0.15) is 5.75 Å². The zero-order valence-electron chi connectivity index (χ0n) is 14.5. The predicted molar refractivity (Wildman–Crippen MR) is 99.5 cm³/mol. The molecule has 128 valence electrons. The van der Waals surface area contributed by atoms with Gasteiger partial charge in [-0.15, -0.1) is 0 Å². The van der Waals surface area contributed by atoms with Gasteiger partial charge in [-0.05, 0) is 54.0 Å². The van der Waals surface area contributed by atoms with Gasteiger partial charge in [0, 0.05) is 5.57 Å². The molecule has 2 rings (SSSR count). The molecule has 0 aliphatic carbocycles. The maximum Gasteiger partial charge on any atom is 0.331 e. The van der Waals surface area contributed by atoms with Crippen LogP contribution in [0.1, 0.15) is 51.5 Å². The van der Waals surface area contributed by atoms with Gasteiger partial charge in [0.25, 0.3) is 0 Å². The highest BCUT2D eigenvalue weighted by Crippen LogP contribution is 2.23. The Morgan fingerprint density at radius 2 is 1.75 bits per heavy atom. The van der Waals surface area contributed by atoms with Crippen molar-refractivity contribution in [1.29, 1.82) is 0 Å². The fourth-order valence-corrected chi connectivity index (χ4v) is 2.63. The maximum absolute atomic E-state index is 10.9. The lowest BCUT2D eigenvalue weighted by molar-refractivity contribution is -0.132. The first-order chi connectivity index (χ1) is 11.6. The molecule has 2 aromatic rings. The standard InChI is InChI=1S/C21H26O3/c1-3-4-5-6-7-12-24-20-11-10-18-14-17(8-9-19(18)15-20)13-16(2)21(22)23/h8-11,13-15H,3-7,12H2,1-2H3,(H,22,23)/b16-13+. The van der Waals surface area contributed by atoms with Crippen molar-refractivity contribution >= 4 is 22.8 Å². The lowest BCUT2D eigenvalue weighted by Crippen LogP contribution is -1.97. The fourth-order valence-electron chi connectivity index (χ4n) is 2.63. The Morgan fingerprint density at radius 3 is 2.50 bits per heavy atom. The second-order valence-electron chi connectivity index (χ2n) is 6.16. The van der Waals surface area contributed by atoms with Gasteiger partial charge in [-0.3, -0.25) is 0 Å². The Morgan fingerprint density at radius 1 is 1.04 bits per heavy atom. The van der Waals surface area contributed by atoms with Crippen molar-refractivity contribution in [2.75, 3.05) is 6.61 Å². The summed E-state index contributed by atoms with van der Waals surface area (Å²) in [6.07, 6.45) is 7.84. The van der Waals surface area contributed by atoms with Crippen LogP contribution in [0.5, 0.6) is 5.75 Å². The van der Waals surface area contributed by atoms with E-state index in [1.165, 1.54) is 25.7 Å². The van der Waals surface area contributed by atoms with Crippen molar-refractivity contribution in [3.63, 3.8) is 0 Å². The highest BCUT2D eigenvalue weighted by atomic mass is 16.5. The average molecular weight is 326 g/mol. The SMILES string of the molecule is CCCCCCCOc1ccc2cc(/C=C(\C)C(=O)O)ccc2c1. The van der Waals surface area contributed by atoms with Gasteiger partial charge in [0.15, 0.2) is 0 Å². The van der Waals surface area contributed by atoms with E-state index in [2.05, 4.69) is 6.92 Å². The number of rotatable bonds is 9. The fraction of sp³-hybridized carbons (Fsp3) is 0.381. The molecule has 0 unspecified atom stereocenters. The normalized spacial score (nSPS) is 11.7. The number of carboxylic acid groups (broad SMARTS) is 1. The molecule has 0 saturated carbocycles. The van der Waals surface area contributed by atoms with Crippen LogP contribution in [0.4, 0.5) is 0 Å². The maximum atomic E-state index is 10.9. The molecule has 0 heterocycles. The molecule has 3 heteroatoms. The summed E-state index contributed by atoms with van der Waals surface area (Å²) >= 11 is 0. The van der Waals surface area contributed by atoms with Gasteiger partial charge in [-0.2, -0.15) is 0 Å². The van der Waals surface area contributed by atoms with Crippen LogP contribution in [0.2, 0.25) is 0 Å². The minimum absolute atomic E-state index is 0.331. The van der Waals surface area contributed by atoms with E-state index in [0.29, 0.717) is 5.57 Å². The van der Waals surface area contributed by atoms with E-state index < -0.39 is 5.97 Å². The largest absolute Gasteiger partial charge is 0.494 e. The van der Waals surface area contributed by atoms with Crippen LogP contribution in [-0.4, -0.2) is 17.7 Å². The molecule has 0 aliphatic heterocycles. The molecule has 0 aromatic heterocycles. The third-order valence-electron chi connectivity index (χ3n) is 4.07. The average Bonchev–Trinajstić information content (AvgIpc) is 2.57. The van der Waals surface area contributed by atoms with Gasteiger partial charge in [-0.25, -0.2) is 4.79 Å². The van der Waals surface area contributed by atoms with Crippen LogP contribution in [0.3, 0.4) is 0 Å². The Balaban J connectivity index is 1.99. The van der Waals surface area contributed by atoms with Crippen LogP contribution in [0, 0.1) is 0 Å². The number of benzene rings is 2. The Kier molecular flexibility index (Phi) is 6.86. The molecule has 24 heavy (non-hydrogen) atoms. The Labute approximate surface area is 144 Å². The number of carbonyl (C=O) groups is 1. The summed E-state index contributed by atoms with van der Waals surface area (Å²) in [4.78, 5) is 10.9. The summed E-state index contributed by atoms with van der Waals surface area (Å²) in [5, 5.41) is 11.1. The third kappa shape index (κ3) is 5.41. The zero-order valence-corrected chi connectivity index (χ0v) is 14.5. The van der Waals surface area contributed by atoms with E-state index in [1.807, 2.05) is 36.4 Å². The van der Waals surface area contributed by atoms with Gasteiger partial charge in [0.2, 0.25) is 0 Å². The first-order valence-corrected chi connectivity index (χ1v) is 8.68. The number of unbranched alkanes of at least 4 members (excludes halogenated alkanes) is 4. The minimum Gasteiger partial charge on any atom is -0.494 e. The van der Waals surface area contributed by atoms with Crippen molar-refractivity contribution in [1.82, 2.24) is 0 Å². The first kappa shape index (κ1) is 18.1. The number of aliphatic carboxylic acids is 1. The smallest absolute Gasteiger partial charge is 0.331 e. The van der Waals surface area contributed by atoms with Gasteiger partial charge < -0.3 is 9.84 Å². The van der Waals surface area contributed by atoms with Gasteiger partial charge >= 0.3 is 5.97 Å². The first-order valence-electron chi connectivity index (χ1n) is 8.68. The molecular formula is C21H26O3. The number of ether oxygens (including phenoxy) is 1. The second-order valence-corrected chi connectivity index (χ2v) is 6.16. The topological polar surface area (TPSA) is 46.5 Å². The summed E-state index contributed by atoms with van der Waals surface area (Å²) < 4.78 is 5.83. The molecule has 0 bridgehead atoms. The van der Waals surface area contributed by atoms with Crippen LogP contribution >= 0.6 is 0 Å². The molecule has 0 spiro atoms. The van der Waals surface area contributed by atoms with E-state index in [1.54, 1.807) is 13.0 Å². The van der Waals surface area contributed by atoms with Crippen LogP contribution < -0.4 is 4.74 Å². The van der Waals surface area contributed by atoms with Gasteiger partial charge in [0.05, 0.1) is 6.61 Å². The van der Waals surface area contributed by atoms with Gasteiger partial charge in [-0.1, -0.05) is 50.8 Å². The number of hydrogen-bond donors (Lipinski definition) is 1. The molecule has 0 aliphatic rings. The summed E-state index contributed by atoms with van der Waals surface area (Å²) in [5.74, 6) is 0.000724. The molecule has 0 fully saturated rings. The second kappa shape index (κ2) is 9.11. The highest BCUT2D eigenvalue weighted by Gasteiger charge is 2.02. The predicted octanol–water partition coefficient (Wildman–Crippen LogP) is 5.68. The quantitative estimate of drug-likeness (QED) is 0.476.